The molecule has 0 bridgehead atoms. The summed E-state index contributed by atoms with van der Waals surface area (Å²) >= 11 is 6.02. The van der Waals surface area contributed by atoms with Gasteiger partial charge in [0.1, 0.15) is 11.3 Å². The van der Waals surface area contributed by atoms with Crippen molar-refractivity contribution < 1.29 is 9.53 Å². The van der Waals surface area contributed by atoms with Crippen LogP contribution in [0.2, 0.25) is 5.02 Å². The lowest BCUT2D eigenvalue weighted by Gasteiger charge is -2.05. The summed E-state index contributed by atoms with van der Waals surface area (Å²) in [5.74, 6) is 0.354. The van der Waals surface area contributed by atoms with Crippen molar-refractivity contribution in [3.05, 3.63) is 53.1 Å². The average molecular weight is 354 g/mol. The van der Waals surface area contributed by atoms with Crippen molar-refractivity contribution in [3.8, 4) is 5.75 Å². The molecule has 2 heterocycles. The van der Waals surface area contributed by atoms with Crippen LogP contribution < -0.4 is 10.1 Å². The van der Waals surface area contributed by atoms with Crippen LogP contribution in [0, 0.1) is 0 Å². The van der Waals surface area contributed by atoms with Crippen molar-refractivity contribution in [1.29, 1.82) is 0 Å². The summed E-state index contributed by atoms with van der Waals surface area (Å²) in [5.41, 5.74) is 2.40. The number of amides is 1. The Hall–Kier alpha value is -3.19. The fourth-order valence-electron chi connectivity index (χ4n) is 2.53. The predicted octanol–water partition coefficient (Wildman–Crippen LogP) is 3.42. The largest absolute Gasteiger partial charge is 0.497 e. The maximum Gasteiger partial charge on any atom is 0.258 e. The van der Waals surface area contributed by atoms with Gasteiger partial charge in [0.15, 0.2) is 5.65 Å². The molecule has 4 aromatic rings. The van der Waals surface area contributed by atoms with Crippen LogP contribution in [-0.4, -0.2) is 33.2 Å². The maximum atomic E-state index is 12.3. The molecular weight excluding hydrogens is 342 g/mol. The Morgan fingerprint density at radius 1 is 1.20 bits per heavy atom. The molecule has 25 heavy (non-hydrogen) atoms. The first-order chi connectivity index (χ1) is 12.1. The summed E-state index contributed by atoms with van der Waals surface area (Å²) < 4.78 is 5.12. The van der Waals surface area contributed by atoms with Crippen LogP contribution in [0.5, 0.6) is 5.75 Å². The number of carbonyl (C=O) groups is 1. The van der Waals surface area contributed by atoms with Crippen LogP contribution in [0.15, 0.2) is 42.5 Å². The normalized spacial score (nSPS) is 11.0. The Kier molecular flexibility index (Phi) is 3.70. The third-order valence-corrected chi connectivity index (χ3v) is 3.97. The molecular formula is C17H12ClN5O2. The van der Waals surface area contributed by atoms with Gasteiger partial charge >= 0.3 is 0 Å². The topological polar surface area (TPSA) is 92.8 Å². The second-order valence-corrected chi connectivity index (χ2v) is 5.77. The van der Waals surface area contributed by atoms with E-state index >= 15 is 0 Å². The first kappa shape index (κ1) is 15.3. The molecule has 0 saturated heterocycles. The number of hydrogen-bond acceptors (Lipinski definition) is 5. The van der Waals surface area contributed by atoms with E-state index in [0.29, 0.717) is 27.5 Å². The lowest BCUT2D eigenvalue weighted by atomic mass is 10.2. The van der Waals surface area contributed by atoms with Crippen molar-refractivity contribution in [2.24, 2.45) is 0 Å². The van der Waals surface area contributed by atoms with Crippen molar-refractivity contribution in [3.63, 3.8) is 0 Å². The third-order valence-electron chi connectivity index (χ3n) is 3.73. The van der Waals surface area contributed by atoms with Crippen molar-refractivity contribution in [2.45, 2.75) is 0 Å². The van der Waals surface area contributed by atoms with E-state index in [1.54, 1.807) is 43.5 Å². The molecule has 0 spiro atoms. The molecule has 8 heteroatoms. The molecule has 2 N–H and O–H groups in total. The highest BCUT2D eigenvalue weighted by atomic mass is 35.5. The molecule has 0 aliphatic heterocycles. The first-order valence-corrected chi connectivity index (χ1v) is 7.79. The van der Waals surface area contributed by atoms with Gasteiger partial charge in [-0.15, -0.1) is 10.2 Å². The lowest BCUT2D eigenvalue weighted by molar-refractivity contribution is 0.102. The van der Waals surface area contributed by atoms with Gasteiger partial charge in [-0.25, -0.2) is 0 Å². The molecule has 7 nitrogen and oxygen atoms in total. The SMILES string of the molecule is COc1cccc(C(=O)Nc2nnc3c(n2)[nH]c2ccc(Cl)cc23)c1. The molecule has 0 atom stereocenters. The van der Waals surface area contributed by atoms with E-state index in [2.05, 4.69) is 25.5 Å². The number of aromatic amines is 1. The smallest absolute Gasteiger partial charge is 0.258 e. The zero-order chi connectivity index (χ0) is 17.4. The van der Waals surface area contributed by atoms with Gasteiger partial charge in [0.2, 0.25) is 0 Å². The Balaban J connectivity index is 1.67. The van der Waals surface area contributed by atoms with Gasteiger partial charge in [-0.1, -0.05) is 17.7 Å². The number of rotatable bonds is 3. The van der Waals surface area contributed by atoms with Crippen LogP contribution in [-0.2, 0) is 0 Å². The molecule has 4 rings (SSSR count). The quantitative estimate of drug-likeness (QED) is 0.588. The highest BCUT2D eigenvalue weighted by Crippen LogP contribution is 2.25. The highest BCUT2D eigenvalue weighted by molar-refractivity contribution is 6.31. The van der Waals surface area contributed by atoms with Gasteiger partial charge in [0.25, 0.3) is 11.9 Å². The van der Waals surface area contributed by atoms with E-state index in [1.165, 1.54) is 0 Å². The van der Waals surface area contributed by atoms with Crippen molar-refractivity contribution in [1.82, 2.24) is 20.2 Å². The summed E-state index contributed by atoms with van der Waals surface area (Å²) in [6, 6.07) is 12.2. The first-order valence-electron chi connectivity index (χ1n) is 7.41. The Labute approximate surface area is 147 Å². The minimum Gasteiger partial charge on any atom is -0.497 e. The van der Waals surface area contributed by atoms with Crippen LogP contribution in [0.1, 0.15) is 10.4 Å². The van der Waals surface area contributed by atoms with Gasteiger partial charge in [-0.2, -0.15) is 4.98 Å². The van der Waals surface area contributed by atoms with Gasteiger partial charge in [-0.05, 0) is 36.4 Å². The second kappa shape index (κ2) is 6.03. The fourth-order valence-corrected chi connectivity index (χ4v) is 2.71. The van der Waals surface area contributed by atoms with E-state index < -0.39 is 0 Å². The number of nitrogens with one attached hydrogen (secondary N) is 2. The second-order valence-electron chi connectivity index (χ2n) is 5.33. The molecule has 0 unspecified atom stereocenters. The zero-order valence-corrected chi connectivity index (χ0v) is 13.8. The summed E-state index contributed by atoms with van der Waals surface area (Å²) in [4.78, 5) is 19.8. The number of hydrogen-bond donors (Lipinski definition) is 2. The average Bonchev–Trinajstić information content (AvgIpc) is 2.98. The summed E-state index contributed by atoms with van der Waals surface area (Å²) in [7, 11) is 1.54. The fraction of sp³-hybridized carbons (Fsp3) is 0.0588. The van der Waals surface area contributed by atoms with E-state index in [1.807, 2.05) is 6.07 Å². The van der Waals surface area contributed by atoms with Crippen LogP contribution in [0.4, 0.5) is 5.95 Å². The van der Waals surface area contributed by atoms with Crippen LogP contribution >= 0.6 is 11.6 Å². The number of anilines is 1. The molecule has 1 amide bonds. The van der Waals surface area contributed by atoms with Crippen LogP contribution in [0.25, 0.3) is 22.1 Å². The number of H-pyrrole nitrogens is 1. The van der Waals surface area contributed by atoms with Crippen LogP contribution in [0.3, 0.4) is 0 Å². The zero-order valence-electron chi connectivity index (χ0n) is 13.1. The monoisotopic (exact) mass is 353 g/mol. The van der Waals surface area contributed by atoms with Gasteiger partial charge in [-0.3, -0.25) is 10.1 Å². The van der Waals surface area contributed by atoms with E-state index in [-0.39, 0.29) is 11.9 Å². The standard InChI is InChI=1S/C17H12ClN5O2/c1-25-11-4-2-3-9(7-11)16(24)21-17-20-15-14(22-23-17)12-8-10(18)5-6-13(12)19-15/h2-8H,1H3,(H2,19,20,21,23,24). The number of benzene rings is 2. The number of fused-ring (bicyclic) bond motifs is 3. The Morgan fingerprint density at radius 2 is 2.08 bits per heavy atom. The number of halogens is 1. The molecule has 0 fully saturated rings. The van der Waals surface area contributed by atoms with Crippen molar-refractivity contribution >= 4 is 45.5 Å². The van der Waals surface area contributed by atoms with E-state index in [0.717, 1.165) is 10.9 Å². The summed E-state index contributed by atoms with van der Waals surface area (Å²) in [6.07, 6.45) is 0. The Bertz CT molecular complexity index is 1110. The van der Waals surface area contributed by atoms with Gasteiger partial charge < -0.3 is 9.72 Å². The highest BCUT2D eigenvalue weighted by Gasteiger charge is 2.13. The van der Waals surface area contributed by atoms with Crippen molar-refractivity contribution in [2.75, 3.05) is 12.4 Å². The maximum absolute atomic E-state index is 12.3. The van der Waals surface area contributed by atoms with E-state index in [9.17, 15) is 4.79 Å². The molecule has 2 aromatic heterocycles. The number of carbonyl (C=O) groups excluding carboxylic acids is 1. The summed E-state index contributed by atoms with van der Waals surface area (Å²) in [6.45, 7) is 0. The molecule has 0 aliphatic rings. The molecule has 2 aromatic carbocycles. The molecule has 0 aliphatic carbocycles. The minimum absolute atomic E-state index is 0.109. The van der Waals surface area contributed by atoms with E-state index in [4.69, 9.17) is 16.3 Å². The predicted molar refractivity (Wildman–Crippen MR) is 95.1 cm³/mol. The van der Waals surface area contributed by atoms with Gasteiger partial charge in [0, 0.05) is 21.5 Å². The number of methoxy groups -OCH3 is 1. The number of nitrogens with zero attached hydrogens (tertiary/aromatic N) is 3. The number of ether oxygens (including phenoxy) is 1. The lowest BCUT2D eigenvalue weighted by Crippen LogP contribution is -2.14. The Morgan fingerprint density at radius 3 is 2.92 bits per heavy atom. The molecule has 124 valence electrons. The van der Waals surface area contributed by atoms with Gasteiger partial charge in [0.05, 0.1) is 7.11 Å². The minimum atomic E-state index is -0.348. The number of aromatic nitrogens is 4. The molecule has 0 saturated carbocycles. The third kappa shape index (κ3) is 2.85. The molecule has 0 radical (unpaired) electrons. The summed E-state index contributed by atoms with van der Waals surface area (Å²) in [5, 5.41) is 12.2.